The Morgan fingerprint density at radius 3 is 2.80 bits per heavy atom. The molecule has 1 heterocycles. The van der Waals surface area contributed by atoms with Gasteiger partial charge >= 0.3 is 6.03 Å². The number of carbonyl (C=O) groups is 1. The number of carbonyl (C=O) groups excluding carboxylic acids is 1. The Morgan fingerprint density at radius 2 is 2.00 bits per heavy atom. The number of urea groups is 1. The summed E-state index contributed by atoms with van der Waals surface area (Å²) in [6.45, 7) is 0.545. The number of benzene rings is 2. The molecule has 0 aromatic heterocycles. The number of nitrogen functional groups attached to an aromatic ring is 1. The number of amides is 2. The maximum atomic E-state index is 13.5. The van der Waals surface area contributed by atoms with Crippen LogP contribution < -0.4 is 16.0 Å². The first kappa shape index (κ1) is 12.5. The van der Waals surface area contributed by atoms with Gasteiger partial charge in [-0.2, -0.15) is 0 Å². The molecule has 0 fully saturated rings. The van der Waals surface area contributed by atoms with Gasteiger partial charge in [0.15, 0.2) is 0 Å². The fourth-order valence-corrected chi connectivity index (χ4v) is 2.42. The molecule has 3 N–H and O–H groups in total. The van der Waals surface area contributed by atoms with Gasteiger partial charge in [0.25, 0.3) is 0 Å². The smallest absolute Gasteiger partial charge is 0.326 e. The van der Waals surface area contributed by atoms with Crippen LogP contribution in [0.2, 0.25) is 0 Å². The summed E-state index contributed by atoms with van der Waals surface area (Å²) in [5, 5.41) is 2.58. The summed E-state index contributed by atoms with van der Waals surface area (Å²) in [7, 11) is 0. The van der Waals surface area contributed by atoms with Gasteiger partial charge in [-0.1, -0.05) is 18.2 Å². The Labute approximate surface area is 116 Å². The summed E-state index contributed by atoms with van der Waals surface area (Å²) in [6, 6.07) is 11.2. The maximum absolute atomic E-state index is 13.5. The van der Waals surface area contributed by atoms with Crippen LogP contribution in [0.3, 0.4) is 0 Å². The van der Waals surface area contributed by atoms with E-state index in [2.05, 4.69) is 5.32 Å². The van der Waals surface area contributed by atoms with Crippen LogP contribution in [0.15, 0.2) is 42.5 Å². The minimum absolute atomic E-state index is 0.176. The van der Waals surface area contributed by atoms with Gasteiger partial charge in [-0.15, -0.1) is 0 Å². The van der Waals surface area contributed by atoms with E-state index in [0.717, 1.165) is 11.3 Å². The molecule has 0 radical (unpaired) electrons. The molecule has 0 bridgehead atoms. The van der Waals surface area contributed by atoms with Crippen molar-refractivity contribution in [3.63, 3.8) is 0 Å². The van der Waals surface area contributed by atoms with Crippen molar-refractivity contribution in [2.45, 2.75) is 6.42 Å². The molecule has 2 aromatic rings. The molecule has 4 nitrogen and oxygen atoms in total. The Kier molecular flexibility index (Phi) is 3.02. The van der Waals surface area contributed by atoms with Crippen molar-refractivity contribution < 1.29 is 9.18 Å². The van der Waals surface area contributed by atoms with Gasteiger partial charge in [0.1, 0.15) is 5.82 Å². The lowest BCUT2D eigenvalue weighted by molar-refractivity contribution is 0.257. The quantitative estimate of drug-likeness (QED) is 0.783. The SMILES string of the molecule is Nc1cccc2c1CCN2C(=O)Nc1ccccc1F. The Balaban J connectivity index is 1.84. The monoisotopic (exact) mass is 271 g/mol. The number of fused-ring (bicyclic) bond motifs is 1. The van der Waals surface area contributed by atoms with Crippen molar-refractivity contribution >= 4 is 23.1 Å². The minimum atomic E-state index is -0.451. The lowest BCUT2D eigenvalue weighted by Gasteiger charge is -2.18. The van der Waals surface area contributed by atoms with Crippen LogP contribution in [0.4, 0.5) is 26.2 Å². The molecule has 2 amide bonds. The zero-order chi connectivity index (χ0) is 14.1. The van der Waals surface area contributed by atoms with Gasteiger partial charge in [0.2, 0.25) is 0 Å². The number of nitrogens with two attached hydrogens (primary N) is 1. The average molecular weight is 271 g/mol. The number of hydrogen-bond acceptors (Lipinski definition) is 2. The predicted octanol–water partition coefficient (Wildman–Crippen LogP) is 3.00. The van der Waals surface area contributed by atoms with Gasteiger partial charge in [-0.05, 0) is 30.7 Å². The number of hydrogen-bond donors (Lipinski definition) is 2. The highest BCUT2D eigenvalue weighted by Gasteiger charge is 2.26. The molecule has 0 saturated heterocycles. The molecule has 5 heteroatoms. The summed E-state index contributed by atoms with van der Waals surface area (Å²) >= 11 is 0. The number of nitrogens with one attached hydrogen (secondary N) is 1. The summed E-state index contributed by atoms with van der Waals surface area (Å²) < 4.78 is 13.5. The topological polar surface area (TPSA) is 58.4 Å². The van der Waals surface area contributed by atoms with Crippen LogP contribution in [0.1, 0.15) is 5.56 Å². The third kappa shape index (κ3) is 2.07. The molecule has 20 heavy (non-hydrogen) atoms. The summed E-state index contributed by atoms with van der Waals surface area (Å²) in [5.74, 6) is -0.451. The first-order chi connectivity index (χ1) is 9.66. The van der Waals surface area contributed by atoms with Gasteiger partial charge in [-0.3, -0.25) is 4.90 Å². The number of rotatable bonds is 1. The molecule has 0 spiro atoms. The average Bonchev–Trinajstić information content (AvgIpc) is 2.87. The highest BCUT2D eigenvalue weighted by Crippen LogP contribution is 2.32. The van der Waals surface area contributed by atoms with Crippen molar-refractivity contribution in [2.75, 3.05) is 22.5 Å². The molecular weight excluding hydrogens is 257 g/mol. The molecule has 102 valence electrons. The number of halogens is 1. The molecule has 3 rings (SSSR count). The zero-order valence-electron chi connectivity index (χ0n) is 10.8. The number of nitrogens with zero attached hydrogens (tertiary/aromatic N) is 1. The van der Waals surface area contributed by atoms with Crippen LogP contribution in [0.5, 0.6) is 0 Å². The van der Waals surface area contributed by atoms with E-state index in [1.165, 1.54) is 12.1 Å². The highest BCUT2D eigenvalue weighted by molar-refractivity contribution is 6.03. The lowest BCUT2D eigenvalue weighted by Crippen LogP contribution is -2.33. The van der Waals surface area contributed by atoms with E-state index in [-0.39, 0.29) is 11.7 Å². The predicted molar refractivity (Wildman–Crippen MR) is 77.3 cm³/mol. The maximum Gasteiger partial charge on any atom is 0.326 e. The van der Waals surface area contributed by atoms with Crippen LogP contribution in [0, 0.1) is 5.82 Å². The first-order valence-electron chi connectivity index (χ1n) is 6.37. The van der Waals surface area contributed by atoms with E-state index in [1.807, 2.05) is 18.2 Å². The molecule has 0 atom stereocenters. The van der Waals surface area contributed by atoms with Crippen molar-refractivity contribution in [1.82, 2.24) is 0 Å². The number of para-hydroxylation sites is 1. The second-order valence-electron chi connectivity index (χ2n) is 4.66. The van der Waals surface area contributed by atoms with Gasteiger partial charge in [0.05, 0.1) is 11.4 Å². The van der Waals surface area contributed by atoms with E-state index >= 15 is 0 Å². The number of anilines is 3. The minimum Gasteiger partial charge on any atom is -0.398 e. The van der Waals surface area contributed by atoms with Crippen molar-refractivity contribution in [3.8, 4) is 0 Å². The molecule has 1 aliphatic heterocycles. The zero-order valence-corrected chi connectivity index (χ0v) is 10.8. The molecule has 2 aromatic carbocycles. The lowest BCUT2D eigenvalue weighted by atomic mass is 10.1. The Hall–Kier alpha value is -2.56. The van der Waals surface area contributed by atoms with E-state index in [9.17, 15) is 9.18 Å². The van der Waals surface area contributed by atoms with Crippen LogP contribution in [0.25, 0.3) is 0 Å². The van der Waals surface area contributed by atoms with Crippen LogP contribution in [-0.4, -0.2) is 12.6 Å². The van der Waals surface area contributed by atoms with Gasteiger partial charge in [0, 0.05) is 17.8 Å². The molecule has 0 aliphatic carbocycles. The van der Waals surface area contributed by atoms with E-state index in [1.54, 1.807) is 17.0 Å². The molecule has 0 unspecified atom stereocenters. The third-order valence-electron chi connectivity index (χ3n) is 3.42. The molecule has 1 aliphatic rings. The summed E-state index contributed by atoms with van der Waals surface area (Å²) in [6.07, 6.45) is 0.715. The molecule has 0 saturated carbocycles. The van der Waals surface area contributed by atoms with Crippen molar-refractivity contribution in [3.05, 3.63) is 53.8 Å². The second-order valence-corrected chi connectivity index (χ2v) is 4.66. The fourth-order valence-electron chi connectivity index (χ4n) is 2.42. The van der Waals surface area contributed by atoms with Crippen LogP contribution in [-0.2, 0) is 6.42 Å². The second kappa shape index (κ2) is 4.85. The third-order valence-corrected chi connectivity index (χ3v) is 3.42. The Morgan fingerprint density at radius 1 is 1.20 bits per heavy atom. The summed E-state index contributed by atoms with van der Waals surface area (Å²) in [5.41, 5.74) is 8.51. The van der Waals surface area contributed by atoms with Crippen molar-refractivity contribution in [1.29, 1.82) is 0 Å². The molecular formula is C15H14FN3O. The standard InChI is InChI=1S/C15H14FN3O/c16-11-4-1-2-6-13(11)18-15(20)19-9-8-10-12(17)5-3-7-14(10)19/h1-7H,8-9,17H2,(H,18,20). The van der Waals surface area contributed by atoms with Gasteiger partial charge < -0.3 is 11.1 Å². The van der Waals surface area contributed by atoms with E-state index < -0.39 is 5.82 Å². The van der Waals surface area contributed by atoms with E-state index in [4.69, 9.17) is 5.73 Å². The normalized spacial score (nSPS) is 13.2. The van der Waals surface area contributed by atoms with E-state index in [0.29, 0.717) is 18.7 Å². The largest absolute Gasteiger partial charge is 0.398 e. The highest BCUT2D eigenvalue weighted by atomic mass is 19.1. The Bertz CT molecular complexity index is 672. The van der Waals surface area contributed by atoms with Crippen molar-refractivity contribution in [2.24, 2.45) is 0 Å². The first-order valence-corrected chi connectivity index (χ1v) is 6.37. The van der Waals surface area contributed by atoms with Crippen LogP contribution >= 0.6 is 0 Å². The summed E-state index contributed by atoms with van der Waals surface area (Å²) in [4.78, 5) is 13.8. The fraction of sp³-hybridized carbons (Fsp3) is 0.133. The van der Waals surface area contributed by atoms with Gasteiger partial charge in [-0.25, -0.2) is 9.18 Å².